The number of nitrogens with zero attached hydrogens (tertiary/aromatic N) is 2. The van der Waals surface area contributed by atoms with Crippen molar-refractivity contribution in [3.8, 4) is 0 Å². The van der Waals surface area contributed by atoms with Crippen LogP contribution in [0.2, 0.25) is 0 Å². The van der Waals surface area contributed by atoms with E-state index in [0.29, 0.717) is 25.4 Å². The number of carbonyl (C=O) groups excluding carboxylic acids is 1. The van der Waals surface area contributed by atoms with Gasteiger partial charge in [-0.15, -0.1) is 0 Å². The van der Waals surface area contributed by atoms with Crippen molar-refractivity contribution in [3.63, 3.8) is 0 Å². The molecule has 0 saturated carbocycles. The number of nitrogens with one attached hydrogen (secondary N) is 1. The number of anilines is 1. The van der Waals surface area contributed by atoms with E-state index in [9.17, 15) is 9.59 Å². The third-order valence-electron chi connectivity index (χ3n) is 4.53. The summed E-state index contributed by atoms with van der Waals surface area (Å²) in [5.74, 6) is 0.505. The normalized spacial score (nSPS) is 17.2. The number of aromatic nitrogens is 1. The molecule has 0 bridgehead atoms. The Morgan fingerprint density at radius 2 is 2.12 bits per heavy atom. The van der Waals surface area contributed by atoms with Gasteiger partial charge in [-0.25, -0.2) is 0 Å². The lowest BCUT2D eigenvalue weighted by atomic mass is 10.1. The predicted molar refractivity (Wildman–Crippen MR) is 97.7 cm³/mol. The summed E-state index contributed by atoms with van der Waals surface area (Å²) in [6.45, 7) is 5.08. The van der Waals surface area contributed by atoms with Gasteiger partial charge in [-0.1, -0.05) is 29.5 Å². The second kappa shape index (κ2) is 7.66. The fourth-order valence-corrected chi connectivity index (χ4v) is 3.87. The van der Waals surface area contributed by atoms with Crippen molar-refractivity contribution in [3.05, 3.63) is 51.1 Å². The van der Waals surface area contributed by atoms with E-state index in [1.54, 1.807) is 4.57 Å². The van der Waals surface area contributed by atoms with Gasteiger partial charge in [-0.3, -0.25) is 9.59 Å². The van der Waals surface area contributed by atoms with E-state index in [1.807, 2.05) is 18.4 Å². The number of carbonyl (C=O) groups is 1. The molecular formula is C18H23N3O2S. The van der Waals surface area contributed by atoms with Gasteiger partial charge in [0, 0.05) is 49.4 Å². The summed E-state index contributed by atoms with van der Waals surface area (Å²) in [4.78, 5) is 26.0. The van der Waals surface area contributed by atoms with Crippen molar-refractivity contribution < 1.29 is 4.79 Å². The Morgan fingerprint density at radius 1 is 1.33 bits per heavy atom. The van der Waals surface area contributed by atoms with E-state index >= 15 is 0 Å². The molecule has 128 valence electrons. The maximum absolute atomic E-state index is 12.0. The third kappa shape index (κ3) is 4.06. The number of aryl methyl sites for hydroxylation is 1. The van der Waals surface area contributed by atoms with Crippen molar-refractivity contribution in [1.82, 2.24) is 9.88 Å². The third-order valence-corrected chi connectivity index (χ3v) is 5.41. The molecule has 2 heterocycles. The summed E-state index contributed by atoms with van der Waals surface area (Å²) in [5, 5.41) is 4.85. The monoisotopic (exact) mass is 345 g/mol. The van der Waals surface area contributed by atoms with Crippen LogP contribution in [-0.2, 0) is 11.3 Å². The van der Waals surface area contributed by atoms with Gasteiger partial charge < -0.3 is 14.8 Å². The van der Waals surface area contributed by atoms with E-state index in [2.05, 4.69) is 34.5 Å². The number of rotatable bonds is 6. The Balaban J connectivity index is 1.42. The largest absolute Gasteiger partial charge is 0.371 e. The fraction of sp³-hybridized carbons (Fsp3) is 0.444. The molecule has 1 aliphatic heterocycles. The molecule has 1 atom stereocenters. The maximum Gasteiger partial charge on any atom is 0.307 e. The van der Waals surface area contributed by atoms with E-state index in [4.69, 9.17) is 0 Å². The fourth-order valence-electron chi connectivity index (χ4n) is 3.11. The molecule has 6 heteroatoms. The van der Waals surface area contributed by atoms with Crippen LogP contribution in [0.4, 0.5) is 5.69 Å². The first kappa shape index (κ1) is 16.8. The van der Waals surface area contributed by atoms with Crippen LogP contribution in [0.15, 0.2) is 40.5 Å². The van der Waals surface area contributed by atoms with E-state index in [1.165, 1.54) is 17.0 Å². The van der Waals surface area contributed by atoms with E-state index in [0.717, 1.165) is 25.2 Å². The van der Waals surface area contributed by atoms with Gasteiger partial charge in [0.2, 0.25) is 5.91 Å². The van der Waals surface area contributed by atoms with Crippen molar-refractivity contribution in [2.45, 2.75) is 26.3 Å². The van der Waals surface area contributed by atoms with Crippen molar-refractivity contribution >= 4 is 22.9 Å². The van der Waals surface area contributed by atoms with Crippen LogP contribution in [0.1, 0.15) is 18.5 Å². The molecule has 0 aliphatic carbocycles. The molecule has 1 aliphatic rings. The zero-order valence-corrected chi connectivity index (χ0v) is 14.7. The predicted octanol–water partition coefficient (Wildman–Crippen LogP) is 2.25. The van der Waals surface area contributed by atoms with Crippen LogP contribution >= 0.6 is 11.3 Å². The molecule has 1 saturated heterocycles. The Labute approximate surface area is 145 Å². The number of para-hydroxylation sites is 1. The Bertz CT molecular complexity index is 738. The Morgan fingerprint density at radius 3 is 2.83 bits per heavy atom. The van der Waals surface area contributed by atoms with Crippen LogP contribution in [-0.4, -0.2) is 30.1 Å². The molecular weight excluding hydrogens is 322 g/mol. The van der Waals surface area contributed by atoms with Crippen LogP contribution in [0.25, 0.3) is 0 Å². The standard InChI is InChI=1S/C18H23N3O2S/c1-14-13-24-18(23)21(14)10-8-17(22)19-11-15-7-9-20(12-15)16-5-3-2-4-6-16/h2-6,13,15H,7-12H2,1H3,(H,19,22)/t15-/m1/s1. The van der Waals surface area contributed by atoms with Gasteiger partial charge in [-0.05, 0) is 31.4 Å². The smallest absolute Gasteiger partial charge is 0.307 e. The molecule has 0 radical (unpaired) electrons. The minimum Gasteiger partial charge on any atom is -0.371 e. The highest BCUT2D eigenvalue weighted by atomic mass is 32.1. The zero-order chi connectivity index (χ0) is 16.9. The molecule has 1 aromatic carbocycles. The Hall–Kier alpha value is -2.08. The summed E-state index contributed by atoms with van der Waals surface area (Å²) < 4.78 is 1.66. The number of benzene rings is 1. The second-order valence-electron chi connectivity index (χ2n) is 6.28. The highest BCUT2D eigenvalue weighted by Gasteiger charge is 2.22. The summed E-state index contributed by atoms with van der Waals surface area (Å²) in [5.41, 5.74) is 2.17. The van der Waals surface area contributed by atoms with Crippen LogP contribution in [0.3, 0.4) is 0 Å². The molecule has 5 nitrogen and oxygen atoms in total. The van der Waals surface area contributed by atoms with Crippen molar-refractivity contribution in [2.24, 2.45) is 5.92 Å². The lowest BCUT2D eigenvalue weighted by molar-refractivity contribution is -0.121. The summed E-state index contributed by atoms with van der Waals surface area (Å²) in [7, 11) is 0. The van der Waals surface area contributed by atoms with Crippen LogP contribution in [0.5, 0.6) is 0 Å². The number of hydrogen-bond acceptors (Lipinski definition) is 4. The van der Waals surface area contributed by atoms with Gasteiger partial charge in [0.15, 0.2) is 0 Å². The summed E-state index contributed by atoms with van der Waals surface area (Å²) >= 11 is 1.18. The lowest BCUT2D eigenvalue weighted by Gasteiger charge is -2.18. The van der Waals surface area contributed by atoms with Crippen LogP contribution in [0, 0.1) is 12.8 Å². The molecule has 1 amide bonds. The number of hydrogen-bond donors (Lipinski definition) is 1. The molecule has 1 N–H and O–H groups in total. The van der Waals surface area contributed by atoms with Gasteiger partial charge >= 0.3 is 4.87 Å². The minimum atomic E-state index is 0.00889. The van der Waals surface area contributed by atoms with Gasteiger partial charge in [-0.2, -0.15) is 0 Å². The molecule has 24 heavy (non-hydrogen) atoms. The highest BCUT2D eigenvalue weighted by molar-refractivity contribution is 7.07. The molecule has 2 aromatic rings. The lowest BCUT2D eigenvalue weighted by Crippen LogP contribution is -2.32. The van der Waals surface area contributed by atoms with Crippen LogP contribution < -0.4 is 15.1 Å². The summed E-state index contributed by atoms with van der Waals surface area (Å²) in [6, 6.07) is 10.4. The van der Waals surface area contributed by atoms with E-state index in [-0.39, 0.29) is 10.8 Å². The molecule has 1 fully saturated rings. The number of amides is 1. The first-order chi connectivity index (χ1) is 11.6. The quantitative estimate of drug-likeness (QED) is 0.874. The zero-order valence-electron chi connectivity index (χ0n) is 13.9. The molecule has 0 spiro atoms. The second-order valence-corrected chi connectivity index (χ2v) is 7.11. The summed E-state index contributed by atoms with van der Waals surface area (Å²) in [6.07, 6.45) is 1.45. The Kier molecular flexibility index (Phi) is 5.35. The van der Waals surface area contributed by atoms with E-state index < -0.39 is 0 Å². The van der Waals surface area contributed by atoms with Crippen molar-refractivity contribution in [1.29, 1.82) is 0 Å². The highest BCUT2D eigenvalue weighted by Crippen LogP contribution is 2.22. The number of thiazole rings is 1. The van der Waals surface area contributed by atoms with Gasteiger partial charge in [0.25, 0.3) is 0 Å². The molecule has 3 rings (SSSR count). The minimum absolute atomic E-state index is 0.00889. The topological polar surface area (TPSA) is 54.3 Å². The maximum atomic E-state index is 12.0. The van der Waals surface area contributed by atoms with Gasteiger partial charge in [0.1, 0.15) is 0 Å². The first-order valence-electron chi connectivity index (χ1n) is 8.35. The SMILES string of the molecule is Cc1csc(=O)n1CCC(=O)NC[C@H]1CCN(c2ccccc2)C1. The average Bonchev–Trinajstić information content (AvgIpc) is 3.19. The molecule has 1 aromatic heterocycles. The van der Waals surface area contributed by atoms with Crippen molar-refractivity contribution in [2.75, 3.05) is 24.5 Å². The molecule has 0 unspecified atom stereocenters. The average molecular weight is 345 g/mol. The van der Waals surface area contributed by atoms with Gasteiger partial charge in [0.05, 0.1) is 0 Å². The first-order valence-corrected chi connectivity index (χ1v) is 9.23.